The van der Waals surface area contributed by atoms with E-state index >= 15 is 0 Å². The molecular weight excluding hydrogens is 522 g/mol. The number of carbonyl (C=O) groups is 3. The van der Waals surface area contributed by atoms with Crippen molar-refractivity contribution in [2.75, 3.05) is 30.4 Å². The van der Waals surface area contributed by atoms with Gasteiger partial charge in [-0.3, -0.25) is 14.4 Å². The maximum Gasteiger partial charge on any atom is 0.250 e. The first-order chi connectivity index (χ1) is 19.8. The second kappa shape index (κ2) is 12.2. The molecular formula is C32H41N3O6. The van der Waals surface area contributed by atoms with Crippen molar-refractivity contribution in [2.45, 2.75) is 77.0 Å². The number of aliphatic hydroxyl groups excluding tert-OH is 1. The largest absolute Gasteiger partial charge is 0.494 e. The Bertz CT molecular complexity index is 1280. The van der Waals surface area contributed by atoms with Gasteiger partial charge < -0.3 is 30.1 Å². The summed E-state index contributed by atoms with van der Waals surface area (Å²) in [5, 5.41) is 15.2. The van der Waals surface area contributed by atoms with Gasteiger partial charge in [0, 0.05) is 24.5 Å². The molecule has 41 heavy (non-hydrogen) atoms. The number of hydrogen-bond donors (Lipinski definition) is 3. The number of ether oxygens (including phenoxy) is 2. The van der Waals surface area contributed by atoms with Crippen molar-refractivity contribution in [3.05, 3.63) is 53.6 Å². The standard InChI is InChI=1S/C32H41N3O6/c1-4-40-23-13-11-22(12-14-23)33-29(37)26-25-15-16-32(41-25)27(26)31(39)35(17-7-5-6-8-18-36)28(32)30(38)34-24-19-20(2)9-10-21(24)3/h9-14,19,25-28,36H,4-8,15-18H2,1-3H3,(H,33,37)(H,34,38)/t25-,26+,27-,28?,32?/m0/s1. The van der Waals surface area contributed by atoms with Crippen LogP contribution in [0, 0.1) is 25.7 Å². The van der Waals surface area contributed by atoms with Crippen LogP contribution in [0.2, 0.25) is 0 Å². The van der Waals surface area contributed by atoms with E-state index in [9.17, 15) is 14.4 Å². The summed E-state index contributed by atoms with van der Waals surface area (Å²) >= 11 is 0. The lowest BCUT2D eigenvalue weighted by molar-refractivity contribution is -0.139. The quantitative estimate of drug-likeness (QED) is 0.333. The minimum atomic E-state index is -1.05. The molecule has 3 N–H and O–H groups in total. The molecule has 220 valence electrons. The fourth-order valence-corrected chi connectivity index (χ4v) is 6.84. The predicted molar refractivity (Wildman–Crippen MR) is 156 cm³/mol. The summed E-state index contributed by atoms with van der Waals surface area (Å²) in [5.74, 6) is -1.43. The Kier molecular flexibility index (Phi) is 8.66. The minimum absolute atomic E-state index is 0.134. The van der Waals surface area contributed by atoms with Crippen LogP contribution in [0.25, 0.3) is 0 Å². The highest BCUT2D eigenvalue weighted by atomic mass is 16.5. The Hall–Kier alpha value is -3.43. The minimum Gasteiger partial charge on any atom is -0.494 e. The molecule has 2 aromatic carbocycles. The van der Waals surface area contributed by atoms with Gasteiger partial charge in [-0.2, -0.15) is 0 Å². The summed E-state index contributed by atoms with van der Waals surface area (Å²) in [6.07, 6.45) is 3.82. The zero-order valence-electron chi connectivity index (χ0n) is 24.2. The number of aryl methyl sites for hydroxylation is 2. The highest BCUT2D eigenvalue weighted by Gasteiger charge is 2.74. The molecule has 0 radical (unpaired) electrons. The maximum absolute atomic E-state index is 14.1. The van der Waals surface area contributed by atoms with E-state index in [-0.39, 0.29) is 24.3 Å². The number of nitrogens with one attached hydrogen (secondary N) is 2. The number of rotatable bonds is 12. The summed E-state index contributed by atoms with van der Waals surface area (Å²) in [4.78, 5) is 43.4. The van der Waals surface area contributed by atoms with Crippen molar-refractivity contribution < 1.29 is 29.0 Å². The molecule has 9 nitrogen and oxygen atoms in total. The lowest BCUT2D eigenvalue weighted by Gasteiger charge is -2.33. The number of hydrogen-bond acceptors (Lipinski definition) is 6. The second-order valence-corrected chi connectivity index (χ2v) is 11.5. The highest BCUT2D eigenvalue weighted by molar-refractivity contribution is 6.05. The van der Waals surface area contributed by atoms with Crippen LogP contribution in [0.3, 0.4) is 0 Å². The van der Waals surface area contributed by atoms with Crippen LogP contribution in [0.15, 0.2) is 42.5 Å². The van der Waals surface area contributed by atoms with Crippen molar-refractivity contribution in [1.82, 2.24) is 4.90 Å². The van der Waals surface area contributed by atoms with E-state index in [2.05, 4.69) is 10.6 Å². The van der Waals surface area contributed by atoms with E-state index in [4.69, 9.17) is 14.6 Å². The maximum atomic E-state index is 14.1. The lowest BCUT2D eigenvalue weighted by atomic mass is 9.70. The smallest absolute Gasteiger partial charge is 0.250 e. The van der Waals surface area contributed by atoms with Crippen molar-refractivity contribution in [3.63, 3.8) is 0 Å². The van der Waals surface area contributed by atoms with E-state index in [0.29, 0.717) is 56.0 Å². The Morgan fingerprint density at radius 2 is 1.80 bits per heavy atom. The van der Waals surface area contributed by atoms with E-state index in [0.717, 1.165) is 24.0 Å². The summed E-state index contributed by atoms with van der Waals surface area (Å²) in [5.41, 5.74) is 2.24. The van der Waals surface area contributed by atoms with E-state index in [1.165, 1.54) is 0 Å². The average molecular weight is 564 g/mol. The fourth-order valence-electron chi connectivity index (χ4n) is 6.84. The number of unbranched alkanes of at least 4 members (excludes halogenated alkanes) is 3. The molecule has 2 bridgehead atoms. The zero-order chi connectivity index (χ0) is 29.1. The first-order valence-electron chi connectivity index (χ1n) is 14.8. The third kappa shape index (κ3) is 5.57. The third-order valence-electron chi connectivity index (χ3n) is 8.74. The number of aliphatic hydroxyl groups is 1. The van der Waals surface area contributed by atoms with Crippen LogP contribution < -0.4 is 15.4 Å². The number of likely N-dealkylation sites (tertiary alicyclic amines) is 1. The molecule has 1 spiro atoms. The number of nitrogens with zero attached hydrogens (tertiary/aromatic N) is 1. The topological polar surface area (TPSA) is 117 Å². The number of amides is 3. The number of benzene rings is 2. The summed E-state index contributed by atoms with van der Waals surface area (Å²) in [7, 11) is 0. The van der Waals surface area contributed by atoms with Crippen LogP contribution in [0.4, 0.5) is 11.4 Å². The van der Waals surface area contributed by atoms with Gasteiger partial charge in [0.2, 0.25) is 17.7 Å². The molecule has 0 aliphatic carbocycles. The molecule has 9 heteroatoms. The lowest BCUT2D eigenvalue weighted by Crippen LogP contribution is -2.53. The SMILES string of the molecule is CCOc1ccc(NC(=O)[C@@H]2[C@@H]3CCC4(O3)C(C(=O)Nc3cc(C)ccc3C)N(CCCCCCO)C(=O)[C@H]24)cc1. The van der Waals surface area contributed by atoms with Gasteiger partial charge in [-0.05, 0) is 87.9 Å². The molecule has 5 atom stereocenters. The zero-order valence-corrected chi connectivity index (χ0v) is 24.2. The molecule has 2 unspecified atom stereocenters. The summed E-state index contributed by atoms with van der Waals surface area (Å²) in [6.45, 7) is 6.90. The Labute approximate surface area is 241 Å². The third-order valence-corrected chi connectivity index (χ3v) is 8.74. The van der Waals surface area contributed by atoms with Crippen molar-refractivity contribution in [3.8, 4) is 5.75 Å². The number of fused-ring (bicyclic) bond motifs is 1. The van der Waals surface area contributed by atoms with Crippen molar-refractivity contribution in [1.29, 1.82) is 0 Å². The van der Waals surface area contributed by atoms with Crippen LogP contribution in [-0.4, -0.2) is 65.2 Å². The van der Waals surface area contributed by atoms with Crippen molar-refractivity contribution >= 4 is 29.1 Å². The Balaban J connectivity index is 1.40. The van der Waals surface area contributed by atoms with Crippen LogP contribution in [0.5, 0.6) is 5.75 Å². The highest BCUT2D eigenvalue weighted by Crippen LogP contribution is 2.58. The first-order valence-corrected chi connectivity index (χ1v) is 14.8. The molecule has 3 heterocycles. The molecule has 3 amide bonds. The van der Waals surface area contributed by atoms with E-state index in [1.54, 1.807) is 29.2 Å². The number of anilines is 2. The first kappa shape index (κ1) is 29.1. The fraction of sp³-hybridized carbons (Fsp3) is 0.531. The van der Waals surface area contributed by atoms with Gasteiger partial charge in [0.1, 0.15) is 17.4 Å². The number of carbonyl (C=O) groups excluding carboxylic acids is 3. The molecule has 3 aliphatic heterocycles. The molecule has 2 aromatic rings. The van der Waals surface area contributed by atoms with Crippen LogP contribution >= 0.6 is 0 Å². The van der Waals surface area contributed by atoms with E-state index < -0.39 is 29.6 Å². The van der Waals surface area contributed by atoms with Crippen molar-refractivity contribution in [2.24, 2.45) is 11.8 Å². The average Bonchev–Trinajstić information content (AvgIpc) is 3.59. The van der Waals surface area contributed by atoms with Gasteiger partial charge in [-0.15, -0.1) is 0 Å². The molecule has 3 fully saturated rings. The summed E-state index contributed by atoms with van der Waals surface area (Å²) in [6, 6.07) is 12.2. The monoisotopic (exact) mass is 563 g/mol. The Morgan fingerprint density at radius 1 is 1.05 bits per heavy atom. The van der Waals surface area contributed by atoms with Crippen LogP contribution in [-0.2, 0) is 19.1 Å². The summed E-state index contributed by atoms with van der Waals surface area (Å²) < 4.78 is 12.0. The predicted octanol–water partition coefficient (Wildman–Crippen LogP) is 4.21. The Morgan fingerprint density at radius 3 is 2.54 bits per heavy atom. The van der Waals surface area contributed by atoms with Crippen LogP contribution in [0.1, 0.15) is 56.6 Å². The van der Waals surface area contributed by atoms with E-state index in [1.807, 2.05) is 39.0 Å². The van der Waals surface area contributed by atoms with Gasteiger partial charge in [0.25, 0.3) is 0 Å². The molecule has 5 rings (SSSR count). The van der Waals surface area contributed by atoms with Gasteiger partial charge >= 0.3 is 0 Å². The van der Waals surface area contributed by atoms with Gasteiger partial charge in [-0.1, -0.05) is 25.0 Å². The van der Waals surface area contributed by atoms with Gasteiger partial charge in [0.15, 0.2) is 0 Å². The molecule has 3 saturated heterocycles. The molecule has 3 aliphatic rings. The molecule has 0 saturated carbocycles. The molecule has 0 aromatic heterocycles. The second-order valence-electron chi connectivity index (χ2n) is 11.5. The normalized spacial score (nSPS) is 26.2. The van der Waals surface area contributed by atoms with Gasteiger partial charge in [0.05, 0.1) is 24.5 Å². The van der Waals surface area contributed by atoms with Gasteiger partial charge in [-0.25, -0.2) is 0 Å².